The van der Waals surface area contributed by atoms with Crippen LogP contribution < -0.4 is 4.74 Å². The maximum absolute atomic E-state index is 12.5. The van der Waals surface area contributed by atoms with Crippen LogP contribution in [0.25, 0.3) is 32.8 Å². The number of hydrogen-bond acceptors (Lipinski definition) is 2. The van der Waals surface area contributed by atoms with Crippen LogP contribution in [0.15, 0.2) is 72.9 Å². The van der Waals surface area contributed by atoms with Crippen LogP contribution in [0.5, 0.6) is 5.75 Å². The highest BCUT2D eigenvalue weighted by Crippen LogP contribution is 2.35. The second kappa shape index (κ2) is 5.77. The van der Waals surface area contributed by atoms with Gasteiger partial charge in [-0.05, 0) is 34.7 Å². The topological polar surface area (TPSA) is 22.1 Å². The van der Waals surface area contributed by atoms with Gasteiger partial charge < -0.3 is 4.74 Å². The molecule has 3 aromatic carbocycles. The average Bonchev–Trinajstić information content (AvgIpc) is 2.60. The highest BCUT2D eigenvalue weighted by atomic mass is 19.4. The minimum Gasteiger partial charge on any atom is -0.406 e. The van der Waals surface area contributed by atoms with Crippen molar-refractivity contribution in [2.75, 3.05) is 0 Å². The van der Waals surface area contributed by atoms with Crippen LogP contribution in [-0.2, 0) is 0 Å². The highest BCUT2D eigenvalue weighted by molar-refractivity contribution is 6.12. The third-order valence-corrected chi connectivity index (χ3v) is 3.99. The van der Waals surface area contributed by atoms with Gasteiger partial charge in [0.25, 0.3) is 0 Å². The maximum atomic E-state index is 12.5. The first-order chi connectivity index (χ1) is 12.0. The smallest absolute Gasteiger partial charge is 0.406 e. The summed E-state index contributed by atoms with van der Waals surface area (Å²) in [6.45, 7) is 0. The number of halogens is 3. The predicted octanol–water partition coefficient (Wildman–Crippen LogP) is 5.95. The Morgan fingerprint density at radius 3 is 2.40 bits per heavy atom. The van der Waals surface area contributed by atoms with Crippen LogP contribution in [0.4, 0.5) is 13.2 Å². The highest BCUT2D eigenvalue weighted by Gasteiger charge is 2.31. The lowest BCUT2D eigenvalue weighted by Gasteiger charge is -2.12. The number of nitrogens with zero attached hydrogens (tertiary/aromatic N) is 1. The van der Waals surface area contributed by atoms with Crippen LogP contribution >= 0.6 is 0 Å². The van der Waals surface area contributed by atoms with E-state index in [0.29, 0.717) is 5.56 Å². The number of hydrogen-bond donors (Lipinski definition) is 0. The molecule has 0 saturated carbocycles. The standard InChI is InChI=1S/C20H12F3NO/c21-20(22,23)25-16-7-1-5-15(12-16)17-8-2-4-13-9-10-14-6-3-11-24-19(14)18(13)17/h1-12H. The molecule has 0 amide bonds. The van der Waals surface area contributed by atoms with Crippen molar-refractivity contribution in [1.29, 1.82) is 0 Å². The Labute approximate surface area is 141 Å². The van der Waals surface area contributed by atoms with E-state index in [4.69, 9.17) is 0 Å². The summed E-state index contributed by atoms with van der Waals surface area (Å²) >= 11 is 0. The van der Waals surface area contributed by atoms with Gasteiger partial charge in [0.2, 0.25) is 0 Å². The lowest BCUT2D eigenvalue weighted by atomic mass is 9.96. The largest absolute Gasteiger partial charge is 0.573 e. The summed E-state index contributed by atoms with van der Waals surface area (Å²) < 4.78 is 41.6. The van der Waals surface area contributed by atoms with Gasteiger partial charge in [-0.3, -0.25) is 4.98 Å². The third-order valence-electron chi connectivity index (χ3n) is 3.99. The zero-order valence-corrected chi connectivity index (χ0v) is 12.9. The van der Waals surface area contributed by atoms with Gasteiger partial charge in [-0.15, -0.1) is 13.2 Å². The summed E-state index contributed by atoms with van der Waals surface area (Å²) in [5, 5.41) is 2.86. The van der Waals surface area contributed by atoms with Gasteiger partial charge in [-0.25, -0.2) is 0 Å². The molecule has 1 heterocycles. The molecule has 1 aromatic heterocycles. The molecule has 2 nitrogen and oxygen atoms in total. The van der Waals surface area contributed by atoms with Crippen molar-refractivity contribution in [3.05, 3.63) is 72.9 Å². The molecule has 0 radical (unpaired) electrons. The van der Waals surface area contributed by atoms with Crippen LogP contribution in [0, 0.1) is 0 Å². The summed E-state index contributed by atoms with van der Waals surface area (Å²) in [6, 6.07) is 19.5. The van der Waals surface area contributed by atoms with Gasteiger partial charge >= 0.3 is 6.36 Å². The molecule has 0 aliphatic carbocycles. The van der Waals surface area contributed by atoms with Crippen molar-refractivity contribution in [2.24, 2.45) is 0 Å². The number of rotatable bonds is 2. The lowest BCUT2D eigenvalue weighted by Crippen LogP contribution is -2.17. The number of benzene rings is 3. The van der Waals surface area contributed by atoms with Gasteiger partial charge in [0.05, 0.1) is 5.52 Å². The fraction of sp³-hybridized carbons (Fsp3) is 0.0500. The van der Waals surface area contributed by atoms with Gasteiger partial charge in [0, 0.05) is 17.0 Å². The summed E-state index contributed by atoms with van der Waals surface area (Å²) in [7, 11) is 0. The summed E-state index contributed by atoms with van der Waals surface area (Å²) in [5.41, 5.74) is 2.28. The SMILES string of the molecule is FC(F)(F)Oc1cccc(-c2cccc3ccc4cccnc4c23)c1. The maximum Gasteiger partial charge on any atom is 0.573 e. The fourth-order valence-corrected chi connectivity index (χ4v) is 3.02. The molecule has 0 saturated heterocycles. The lowest BCUT2D eigenvalue weighted by molar-refractivity contribution is -0.274. The van der Waals surface area contributed by atoms with E-state index in [2.05, 4.69) is 9.72 Å². The minimum atomic E-state index is -4.72. The normalized spacial score (nSPS) is 11.8. The molecule has 0 N–H and O–H groups in total. The molecular formula is C20H12F3NO. The number of fused-ring (bicyclic) bond motifs is 3. The summed E-state index contributed by atoms with van der Waals surface area (Å²) in [5.74, 6) is -0.241. The van der Waals surface area contributed by atoms with Crippen molar-refractivity contribution in [2.45, 2.75) is 6.36 Å². The minimum absolute atomic E-state index is 0.241. The Morgan fingerprint density at radius 2 is 1.56 bits per heavy atom. The Bertz CT molecular complexity index is 1070. The van der Waals surface area contributed by atoms with Crippen LogP contribution in [0.1, 0.15) is 0 Å². The Kier molecular flexibility index (Phi) is 3.57. The van der Waals surface area contributed by atoms with E-state index in [1.807, 2.05) is 42.5 Å². The van der Waals surface area contributed by atoms with E-state index in [-0.39, 0.29) is 5.75 Å². The third kappa shape index (κ3) is 3.01. The molecule has 124 valence electrons. The van der Waals surface area contributed by atoms with Crippen LogP contribution in [0.3, 0.4) is 0 Å². The Balaban J connectivity index is 1.95. The Morgan fingerprint density at radius 1 is 0.800 bits per heavy atom. The van der Waals surface area contributed by atoms with E-state index >= 15 is 0 Å². The van der Waals surface area contributed by atoms with Crippen molar-refractivity contribution in [3.63, 3.8) is 0 Å². The van der Waals surface area contributed by atoms with Gasteiger partial charge in [-0.1, -0.05) is 48.5 Å². The van der Waals surface area contributed by atoms with E-state index in [0.717, 1.165) is 27.2 Å². The zero-order valence-electron chi connectivity index (χ0n) is 12.9. The molecule has 0 bridgehead atoms. The molecule has 25 heavy (non-hydrogen) atoms. The van der Waals surface area contributed by atoms with E-state index in [1.165, 1.54) is 12.1 Å². The van der Waals surface area contributed by atoms with E-state index < -0.39 is 6.36 Å². The summed E-state index contributed by atoms with van der Waals surface area (Å²) in [4.78, 5) is 4.47. The van der Waals surface area contributed by atoms with Gasteiger partial charge in [0.15, 0.2) is 0 Å². The second-order valence-electron chi connectivity index (χ2n) is 5.62. The number of pyridine rings is 1. The molecule has 0 atom stereocenters. The van der Waals surface area contributed by atoms with Crippen molar-refractivity contribution in [3.8, 4) is 16.9 Å². The number of ether oxygens (including phenoxy) is 1. The molecule has 4 aromatic rings. The fourth-order valence-electron chi connectivity index (χ4n) is 3.02. The van der Waals surface area contributed by atoms with Crippen LogP contribution in [-0.4, -0.2) is 11.3 Å². The van der Waals surface area contributed by atoms with Crippen molar-refractivity contribution < 1.29 is 17.9 Å². The summed E-state index contributed by atoms with van der Waals surface area (Å²) in [6.07, 6.45) is -3.01. The zero-order chi connectivity index (χ0) is 17.4. The molecule has 0 aliphatic heterocycles. The molecule has 0 fully saturated rings. The average molecular weight is 339 g/mol. The molecular weight excluding hydrogens is 327 g/mol. The van der Waals surface area contributed by atoms with Crippen molar-refractivity contribution in [1.82, 2.24) is 4.98 Å². The molecule has 5 heteroatoms. The second-order valence-corrected chi connectivity index (χ2v) is 5.62. The first kappa shape index (κ1) is 15.4. The molecule has 0 unspecified atom stereocenters. The van der Waals surface area contributed by atoms with Gasteiger partial charge in [-0.2, -0.15) is 0 Å². The Hall–Kier alpha value is -3.08. The molecule has 0 spiro atoms. The van der Waals surface area contributed by atoms with Gasteiger partial charge in [0.1, 0.15) is 5.75 Å². The van der Waals surface area contributed by atoms with Crippen LogP contribution in [0.2, 0.25) is 0 Å². The molecule has 4 rings (SSSR count). The first-order valence-electron chi connectivity index (χ1n) is 7.64. The quantitative estimate of drug-likeness (QED) is 0.421. The van der Waals surface area contributed by atoms with Crippen molar-refractivity contribution >= 4 is 21.7 Å². The molecule has 0 aliphatic rings. The van der Waals surface area contributed by atoms with E-state index in [1.54, 1.807) is 18.3 Å². The number of alkyl halides is 3. The number of aromatic nitrogens is 1. The van der Waals surface area contributed by atoms with E-state index in [9.17, 15) is 13.2 Å². The monoisotopic (exact) mass is 339 g/mol. The first-order valence-corrected chi connectivity index (χ1v) is 7.64. The predicted molar refractivity (Wildman–Crippen MR) is 91.4 cm³/mol.